The molecule has 1 fully saturated rings. The predicted octanol–water partition coefficient (Wildman–Crippen LogP) is 6.60. The summed E-state index contributed by atoms with van der Waals surface area (Å²) in [5, 5.41) is 2.44. The molecule has 4 aromatic rings. The van der Waals surface area contributed by atoms with Gasteiger partial charge < -0.3 is 40.5 Å². The van der Waals surface area contributed by atoms with E-state index < -0.39 is 6.09 Å². The smallest absolute Gasteiger partial charge is 0.407 e. The number of aromatic amines is 2. The number of rotatable bonds is 12. The summed E-state index contributed by atoms with van der Waals surface area (Å²) in [4.78, 5) is 62.2. The molecule has 0 radical (unpaired) electrons. The molecule has 1 atom stereocenters. The summed E-state index contributed by atoms with van der Waals surface area (Å²) in [6.45, 7) is 13.8. The van der Waals surface area contributed by atoms with E-state index in [4.69, 9.17) is 5.73 Å². The molecule has 4 heterocycles. The number of methoxy groups -OCH3 is 1. The maximum Gasteiger partial charge on any atom is 0.407 e. The third-order valence-electron chi connectivity index (χ3n) is 9.28. The zero-order valence-electron chi connectivity index (χ0n) is 34.1. The van der Waals surface area contributed by atoms with Gasteiger partial charge in [0.25, 0.3) is 0 Å². The number of hydrogen-bond acceptors (Lipinski definition) is 9. The molecule has 5 N–H and O–H groups in total. The molecule has 1 unspecified atom stereocenters. The lowest BCUT2D eigenvalue weighted by Crippen LogP contribution is -2.40. The molecule has 2 aromatic carbocycles. The average molecular weight is 769 g/mol. The van der Waals surface area contributed by atoms with Crippen LogP contribution in [-0.4, -0.2) is 105 Å². The fraction of sp³-hybridized carbons (Fsp3) is 0.476. The number of imidazole rings is 2. The highest BCUT2D eigenvalue weighted by Gasteiger charge is 2.32. The number of alkyl carbamates (subject to hydrolysis) is 1. The number of aromatic nitrogens is 4. The second-order valence-corrected chi connectivity index (χ2v) is 14.5. The molecule has 2 aliphatic heterocycles. The quantitative estimate of drug-likeness (QED) is 0.125. The minimum Gasteiger partial charge on any atom is -0.453 e. The van der Waals surface area contributed by atoms with E-state index in [0.717, 1.165) is 78.4 Å². The zero-order valence-corrected chi connectivity index (χ0v) is 34.1. The predicted molar refractivity (Wildman–Crippen MR) is 221 cm³/mol. The van der Waals surface area contributed by atoms with E-state index in [9.17, 15) is 14.4 Å². The van der Waals surface area contributed by atoms with Gasteiger partial charge in [0.05, 0.1) is 50.0 Å². The van der Waals surface area contributed by atoms with E-state index in [1.807, 2.05) is 42.1 Å². The van der Waals surface area contributed by atoms with Crippen LogP contribution in [0.2, 0.25) is 0 Å². The first-order valence-corrected chi connectivity index (χ1v) is 19.7. The molecular weight excluding hydrogens is 709 g/mol. The highest BCUT2D eigenvalue weighted by Crippen LogP contribution is 2.33. The van der Waals surface area contributed by atoms with Crippen molar-refractivity contribution in [3.8, 4) is 33.6 Å². The molecule has 2 aromatic heterocycles. The van der Waals surface area contributed by atoms with Crippen molar-refractivity contribution in [1.29, 1.82) is 0 Å². The fourth-order valence-corrected chi connectivity index (χ4v) is 6.37. The van der Waals surface area contributed by atoms with Gasteiger partial charge in [0.1, 0.15) is 18.2 Å². The Hall–Kier alpha value is -5.66. The number of likely N-dealkylation sites (N-methyl/N-ethyl adjacent to an activating group) is 1. The van der Waals surface area contributed by atoms with Crippen LogP contribution in [-0.2, 0) is 20.9 Å². The Morgan fingerprint density at radius 1 is 0.929 bits per heavy atom. The van der Waals surface area contributed by atoms with Gasteiger partial charge in [-0.3, -0.25) is 14.6 Å². The molecule has 0 spiro atoms. The largest absolute Gasteiger partial charge is 0.453 e. The van der Waals surface area contributed by atoms with Gasteiger partial charge in [0.2, 0.25) is 11.8 Å². The van der Waals surface area contributed by atoms with E-state index in [1.54, 1.807) is 11.1 Å². The Bertz CT molecular complexity index is 1870. The van der Waals surface area contributed by atoms with E-state index in [2.05, 4.69) is 99.1 Å². The molecule has 6 rings (SSSR count). The van der Waals surface area contributed by atoms with Crippen molar-refractivity contribution in [3.63, 3.8) is 0 Å². The number of benzene rings is 2. The average Bonchev–Trinajstić information content (AvgIpc) is 4.03. The zero-order chi connectivity index (χ0) is 40.6. The number of nitrogens with zero attached hydrogens (tertiary/aromatic N) is 6. The number of guanidine groups is 1. The summed E-state index contributed by atoms with van der Waals surface area (Å²) in [5.74, 6) is 2.52. The second kappa shape index (κ2) is 21.4. The van der Waals surface area contributed by atoms with E-state index >= 15 is 0 Å². The molecule has 3 amide bonds. The minimum atomic E-state index is -0.640. The number of nitrogens with one attached hydrogen (secondary N) is 3. The van der Waals surface area contributed by atoms with Crippen molar-refractivity contribution >= 4 is 23.9 Å². The third kappa shape index (κ3) is 12.2. The van der Waals surface area contributed by atoms with Gasteiger partial charge in [-0.15, -0.1) is 0 Å². The molecule has 0 saturated carbocycles. The normalized spacial score (nSPS) is 14.7. The Morgan fingerprint density at radius 3 is 2.04 bits per heavy atom. The number of nitrogens with two attached hydrogens (primary N) is 1. The van der Waals surface area contributed by atoms with Crippen LogP contribution in [0.15, 0.2) is 65.9 Å². The minimum absolute atomic E-state index is 0.0110. The molecule has 56 heavy (non-hydrogen) atoms. The van der Waals surface area contributed by atoms with Gasteiger partial charge in [-0.05, 0) is 47.4 Å². The van der Waals surface area contributed by atoms with Crippen molar-refractivity contribution in [2.24, 2.45) is 16.6 Å². The Labute approximate surface area is 331 Å². The lowest BCUT2D eigenvalue weighted by Gasteiger charge is -2.24. The summed E-state index contributed by atoms with van der Waals surface area (Å²) in [5.41, 5.74) is 11.4. The highest BCUT2D eigenvalue weighted by molar-refractivity contribution is 5.82. The maximum atomic E-state index is 12.8. The number of amides is 3. The van der Waals surface area contributed by atoms with Crippen LogP contribution in [0, 0.1) is 5.92 Å². The Morgan fingerprint density at radius 2 is 1.52 bits per heavy atom. The maximum absolute atomic E-state index is 12.8. The SMILES string of the molecule is CCC.CCCN(Cc1ncc(-c2ccc(-c3ccc(-c4cnc(C5CCCN5C(=O)CC(C)C)[nH]4)cc3)cc2)[nH]1)C(=O)CNC(=O)OC.CN1CCN=C1N. The topological polar surface area (TPSA) is 178 Å². The number of H-pyrrole nitrogens is 2. The van der Waals surface area contributed by atoms with Gasteiger partial charge in [-0.25, -0.2) is 14.8 Å². The van der Waals surface area contributed by atoms with Gasteiger partial charge in [-0.2, -0.15) is 0 Å². The first kappa shape index (κ1) is 43.1. The molecule has 0 aliphatic carbocycles. The van der Waals surface area contributed by atoms with Crippen LogP contribution in [0.3, 0.4) is 0 Å². The van der Waals surface area contributed by atoms with E-state index in [1.165, 1.54) is 13.5 Å². The highest BCUT2D eigenvalue weighted by atomic mass is 16.5. The number of carbonyl (C=O) groups is 3. The number of likely N-dealkylation sites (tertiary alicyclic amines) is 1. The molecule has 2 aliphatic rings. The van der Waals surface area contributed by atoms with Crippen LogP contribution < -0.4 is 11.1 Å². The van der Waals surface area contributed by atoms with Crippen molar-refractivity contribution in [2.75, 3.05) is 46.9 Å². The standard InChI is InChI=1S/C35H43N7O4.C4H9N3.C3H8/c1-5-16-41(33(44)21-38-35(45)46-4)22-31-36-19-28(39-31)26-12-8-24(9-13-26)25-10-14-27(15-11-25)29-20-37-34(40-29)30-7-6-17-42(30)32(43)18-23(2)3;1-7-3-2-6-4(7)5;1-3-2/h8-15,19-20,23,30H,5-7,16-18,21-22H2,1-4H3,(H,36,39)(H,37,40)(H,38,45);2-3H2,1H3,(H2,5,6);3H2,1-2H3. The van der Waals surface area contributed by atoms with Crippen molar-refractivity contribution < 1.29 is 19.1 Å². The second-order valence-electron chi connectivity index (χ2n) is 14.5. The van der Waals surface area contributed by atoms with Crippen LogP contribution >= 0.6 is 0 Å². The summed E-state index contributed by atoms with van der Waals surface area (Å²) in [7, 11) is 3.20. The number of aliphatic imine (C=N–C) groups is 1. The molecular formula is C42H60N10O4. The van der Waals surface area contributed by atoms with Gasteiger partial charge in [0.15, 0.2) is 5.96 Å². The van der Waals surface area contributed by atoms with Crippen molar-refractivity contribution in [2.45, 2.75) is 79.3 Å². The molecule has 0 bridgehead atoms. The van der Waals surface area contributed by atoms with Crippen LogP contribution in [0.1, 0.15) is 84.4 Å². The first-order valence-electron chi connectivity index (χ1n) is 19.7. The fourth-order valence-electron chi connectivity index (χ4n) is 6.37. The third-order valence-corrected chi connectivity index (χ3v) is 9.28. The van der Waals surface area contributed by atoms with Gasteiger partial charge >= 0.3 is 6.09 Å². The molecule has 302 valence electrons. The summed E-state index contributed by atoms with van der Waals surface area (Å²) < 4.78 is 4.55. The van der Waals surface area contributed by atoms with Crippen LogP contribution in [0.4, 0.5) is 4.79 Å². The monoisotopic (exact) mass is 768 g/mol. The van der Waals surface area contributed by atoms with Gasteiger partial charge in [0, 0.05) is 33.1 Å². The number of hydrogen-bond donors (Lipinski definition) is 4. The lowest BCUT2D eigenvalue weighted by molar-refractivity contribution is -0.133. The molecule has 1 saturated heterocycles. The number of ether oxygens (including phenoxy) is 1. The van der Waals surface area contributed by atoms with Gasteiger partial charge in [-0.1, -0.05) is 89.6 Å². The van der Waals surface area contributed by atoms with Crippen molar-refractivity contribution in [3.05, 3.63) is 72.6 Å². The lowest BCUT2D eigenvalue weighted by atomic mass is 10.0. The Balaban J connectivity index is 0.000000611. The Kier molecular flexibility index (Phi) is 16.5. The van der Waals surface area contributed by atoms with E-state index in [-0.39, 0.29) is 24.4 Å². The van der Waals surface area contributed by atoms with Crippen LogP contribution in [0.25, 0.3) is 33.6 Å². The summed E-state index contributed by atoms with van der Waals surface area (Å²) in [6, 6.07) is 16.6. The van der Waals surface area contributed by atoms with Crippen molar-refractivity contribution in [1.82, 2.24) is 40.0 Å². The van der Waals surface area contributed by atoms with E-state index in [0.29, 0.717) is 37.2 Å². The number of carbonyl (C=O) groups excluding carboxylic acids is 3. The van der Waals surface area contributed by atoms with Crippen LogP contribution in [0.5, 0.6) is 0 Å². The molecule has 14 nitrogen and oxygen atoms in total. The summed E-state index contributed by atoms with van der Waals surface area (Å²) in [6.07, 6.45) is 7.51. The summed E-state index contributed by atoms with van der Waals surface area (Å²) >= 11 is 0. The first-order chi connectivity index (χ1) is 27.0. The molecule has 14 heteroatoms.